The molecule has 2 aromatic heterocycles. The first-order valence-corrected chi connectivity index (χ1v) is 17.1. The van der Waals surface area contributed by atoms with Crippen molar-refractivity contribution in [2.24, 2.45) is 0 Å². The number of halogens is 1. The van der Waals surface area contributed by atoms with Crippen LogP contribution in [0, 0.1) is 0 Å². The fourth-order valence-electron chi connectivity index (χ4n) is 5.65. The lowest BCUT2D eigenvalue weighted by Crippen LogP contribution is -2.42. The van der Waals surface area contributed by atoms with E-state index in [2.05, 4.69) is 73.5 Å². The van der Waals surface area contributed by atoms with Gasteiger partial charge < -0.3 is 25.2 Å². The van der Waals surface area contributed by atoms with E-state index in [4.69, 9.17) is 16.3 Å². The average Bonchev–Trinajstić information content (AvgIpc) is 2.99. The molecule has 2 N–H and O–H groups in total. The quantitative estimate of drug-likeness (QED) is 0.213. The number of fused-ring (bicyclic) bond motifs is 1. The van der Waals surface area contributed by atoms with Gasteiger partial charge >= 0.3 is 0 Å². The first-order chi connectivity index (χ1) is 21.1. The van der Waals surface area contributed by atoms with E-state index in [1.54, 1.807) is 25.4 Å². The molecule has 1 aliphatic rings. The summed E-state index contributed by atoms with van der Waals surface area (Å²) < 4.78 is 30.5. The number of anilines is 5. The summed E-state index contributed by atoms with van der Waals surface area (Å²) >= 11 is 6.52. The highest BCUT2D eigenvalue weighted by atomic mass is 35.5. The van der Waals surface area contributed by atoms with Gasteiger partial charge in [0.15, 0.2) is 15.7 Å². The number of methoxy groups -OCH3 is 1. The molecular weight excluding hydrogens is 600 g/mol. The molecule has 2 aromatic carbocycles. The van der Waals surface area contributed by atoms with Crippen LogP contribution in [-0.4, -0.2) is 79.8 Å². The number of aryl methyl sites for hydroxylation is 1. The van der Waals surface area contributed by atoms with Crippen LogP contribution in [0.2, 0.25) is 5.02 Å². The smallest absolute Gasteiger partial charge is 0.229 e. The summed E-state index contributed by atoms with van der Waals surface area (Å²) in [7, 11) is 2.57. The average molecular weight is 639 g/mol. The van der Waals surface area contributed by atoms with Gasteiger partial charge in [0.25, 0.3) is 0 Å². The monoisotopic (exact) mass is 638 g/mol. The molecule has 1 aliphatic heterocycles. The third-order valence-corrected chi connectivity index (χ3v) is 8.94. The van der Waals surface area contributed by atoms with Crippen LogP contribution >= 0.6 is 11.6 Å². The third kappa shape index (κ3) is 7.31. The summed E-state index contributed by atoms with van der Waals surface area (Å²) in [4.78, 5) is 22.5. The second-order valence-corrected chi connectivity index (χ2v) is 13.9. The van der Waals surface area contributed by atoms with Gasteiger partial charge in [-0.15, -0.1) is 0 Å². The molecule has 0 spiro atoms. The lowest BCUT2D eigenvalue weighted by Gasteiger charge is -2.37. The van der Waals surface area contributed by atoms with Crippen LogP contribution in [0.25, 0.3) is 11.0 Å². The van der Waals surface area contributed by atoms with E-state index >= 15 is 0 Å². The number of ether oxygens (including phenoxy) is 1. The molecule has 0 atom stereocenters. The van der Waals surface area contributed by atoms with Gasteiger partial charge in [0.2, 0.25) is 5.95 Å². The summed E-state index contributed by atoms with van der Waals surface area (Å²) in [5, 5.41) is 6.80. The predicted octanol–water partition coefficient (Wildman–Crippen LogP) is 5.60. The van der Waals surface area contributed by atoms with Gasteiger partial charge in [0, 0.05) is 60.8 Å². The number of rotatable bonds is 11. The van der Waals surface area contributed by atoms with Crippen LogP contribution in [0.4, 0.5) is 28.8 Å². The molecule has 11 nitrogen and oxygen atoms in total. The fraction of sp³-hybridized carbons (Fsp3) is 0.419. The Morgan fingerprint density at radius 2 is 1.82 bits per heavy atom. The Labute approximate surface area is 264 Å². The van der Waals surface area contributed by atoms with Crippen molar-refractivity contribution in [1.29, 1.82) is 0 Å². The minimum atomic E-state index is -3.38. The van der Waals surface area contributed by atoms with E-state index in [9.17, 15) is 8.42 Å². The van der Waals surface area contributed by atoms with E-state index in [1.807, 2.05) is 0 Å². The molecule has 4 aromatic rings. The maximum atomic E-state index is 12.3. The number of aromatic nitrogens is 4. The normalized spacial score (nSPS) is 14.3. The molecule has 13 heteroatoms. The molecule has 0 amide bonds. The lowest BCUT2D eigenvalue weighted by atomic mass is 10.00. The summed E-state index contributed by atoms with van der Waals surface area (Å²) in [5.41, 5.74) is 5.25. The van der Waals surface area contributed by atoms with E-state index in [0.717, 1.165) is 44.5 Å². The van der Waals surface area contributed by atoms with Gasteiger partial charge in [-0.25, -0.2) is 13.4 Å². The van der Waals surface area contributed by atoms with E-state index in [-0.39, 0.29) is 10.8 Å². The Kier molecular flexibility index (Phi) is 9.72. The van der Waals surface area contributed by atoms with Gasteiger partial charge in [-0.05, 0) is 57.1 Å². The Morgan fingerprint density at radius 3 is 2.50 bits per heavy atom. The van der Waals surface area contributed by atoms with Gasteiger partial charge in [0.05, 0.1) is 35.8 Å². The molecule has 5 rings (SSSR count). The predicted molar refractivity (Wildman–Crippen MR) is 178 cm³/mol. The number of nitrogens with zero attached hydrogens (tertiary/aromatic N) is 6. The van der Waals surface area contributed by atoms with Crippen LogP contribution in [0.3, 0.4) is 0 Å². The number of hydrogen-bond acceptors (Lipinski definition) is 11. The standard InChI is InChI=1S/C31H39ClN8O3S/c1-6-7-20-16-26(28(43-4)17-27(20)40-14-10-21(11-15-40)39(2)3)37-31-35-18-23(32)30(38-31)36-24-8-9-25-29(34-13-12-33-25)22(24)19-44(5,41)42/h8-9,12-13,16-18,21H,6-7,10-11,14-15,19H2,1-5H3,(H2,35,36,37,38). The highest BCUT2D eigenvalue weighted by molar-refractivity contribution is 7.89. The minimum Gasteiger partial charge on any atom is -0.494 e. The van der Waals surface area contributed by atoms with Crippen molar-refractivity contribution < 1.29 is 13.2 Å². The maximum absolute atomic E-state index is 12.3. The number of sulfone groups is 1. The Bertz CT molecular complexity index is 1740. The van der Waals surface area contributed by atoms with Crippen molar-refractivity contribution in [2.75, 3.05) is 56.1 Å². The van der Waals surface area contributed by atoms with Crippen molar-refractivity contribution >= 4 is 61.3 Å². The molecule has 1 saturated heterocycles. The molecule has 0 bridgehead atoms. The molecule has 234 valence electrons. The van der Waals surface area contributed by atoms with Crippen molar-refractivity contribution in [3.63, 3.8) is 0 Å². The van der Waals surface area contributed by atoms with E-state index in [1.165, 1.54) is 29.9 Å². The first kappa shape index (κ1) is 31.7. The molecule has 0 saturated carbocycles. The Morgan fingerprint density at radius 1 is 1.07 bits per heavy atom. The number of piperidine rings is 1. The van der Waals surface area contributed by atoms with Crippen LogP contribution in [0.15, 0.2) is 42.9 Å². The van der Waals surface area contributed by atoms with Crippen LogP contribution in [0.1, 0.15) is 37.3 Å². The molecule has 1 fully saturated rings. The van der Waals surface area contributed by atoms with Crippen molar-refractivity contribution in [3.8, 4) is 5.75 Å². The Balaban J connectivity index is 1.45. The molecule has 0 aliphatic carbocycles. The fourth-order valence-corrected chi connectivity index (χ4v) is 6.60. The lowest BCUT2D eigenvalue weighted by molar-refractivity contribution is 0.249. The minimum absolute atomic E-state index is 0.226. The second kappa shape index (κ2) is 13.5. The molecular formula is C31H39ClN8O3S. The number of benzene rings is 2. The zero-order chi connectivity index (χ0) is 31.4. The van der Waals surface area contributed by atoms with Gasteiger partial charge in [-0.3, -0.25) is 9.97 Å². The third-order valence-electron chi connectivity index (χ3n) is 7.85. The second-order valence-electron chi connectivity index (χ2n) is 11.3. The van der Waals surface area contributed by atoms with E-state index < -0.39 is 9.84 Å². The van der Waals surface area contributed by atoms with Gasteiger partial charge in [0.1, 0.15) is 10.8 Å². The molecule has 44 heavy (non-hydrogen) atoms. The topological polar surface area (TPSA) is 125 Å². The van der Waals surface area contributed by atoms with Crippen LogP contribution in [0.5, 0.6) is 5.75 Å². The zero-order valence-corrected chi connectivity index (χ0v) is 27.3. The molecule has 3 heterocycles. The van der Waals surface area contributed by atoms with Gasteiger partial charge in [-0.1, -0.05) is 24.9 Å². The SMILES string of the molecule is CCCc1cc(Nc2ncc(Cl)c(Nc3ccc4nccnc4c3CS(C)(=O)=O)n2)c(OC)cc1N1CCC(N(C)C)CC1. The maximum Gasteiger partial charge on any atom is 0.229 e. The van der Waals surface area contributed by atoms with Crippen molar-refractivity contribution in [2.45, 2.75) is 44.4 Å². The van der Waals surface area contributed by atoms with Crippen LogP contribution < -0.4 is 20.3 Å². The highest BCUT2D eigenvalue weighted by Gasteiger charge is 2.24. The summed E-state index contributed by atoms with van der Waals surface area (Å²) in [5.74, 6) is 1.08. The van der Waals surface area contributed by atoms with Crippen molar-refractivity contribution in [1.82, 2.24) is 24.8 Å². The summed E-state index contributed by atoms with van der Waals surface area (Å²) in [6.45, 7) is 4.16. The molecule has 0 unspecified atom stereocenters. The van der Waals surface area contributed by atoms with Crippen molar-refractivity contribution in [3.05, 3.63) is 59.0 Å². The highest BCUT2D eigenvalue weighted by Crippen LogP contribution is 2.38. The van der Waals surface area contributed by atoms with Gasteiger partial charge in [-0.2, -0.15) is 4.98 Å². The summed E-state index contributed by atoms with van der Waals surface area (Å²) in [6.07, 6.45) is 9.94. The molecule has 0 radical (unpaired) electrons. The summed E-state index contributed by atoms with van der Waals surface area (Å²) in [6, 6.07) is 8.34. The number of nitrogens with one attached hydrogen (secondary N) is 2. The van der Waals surface area contributed by atoms with Crippen LogP contribution in [-0.2, 0) is 22.0 Å². The first-order valence-electron chi connectivity index (χ1n) is 14.7. The Hall–Kier alpha value is -3.74. The number of hydrogen-bond donors (Lipinski definition) is 2. The zero-order valence-electron chi connectivity index (χ0n) is 25.8. The largest absolute Gasteiger partial charge is 0.494 e. The van der Waals surface area contributed by atoms with E-state index in [0.29, 0.717) is 45.8 Å².